The average Bonchev–Trinajstić information content (AvgIpc) is 4.31. The van der Waals surface area contributed by atoms with Crippen LogP contribution in [0.2, 0.25) is 0 Å². The van der Waals surface area contributed by atoms with E-state index >= 15 is 0 Å². The number of hydrogen-bond donors (Lipinski definition) is 0. The van der Waals surface area contributed by atoms with Gasteiger partial charge in [-0.15, -0.1) is 6.07 Å². The average molecular weight is 1180 g/mol. The number of furan rings is 2. The van der Waals surface area contributed by atoms with Crippen LogP contribution >= 0.6 is 0 Å². The third kappa shape index (κ3) is 8.18. The minimum atomic E-state index is 0. The molecule has 0 N–H and O–H groups in total. The van der Waals surface area contributed by atoms with Crippen LogP contribution in [0.4, 0.5) is 17.2 Å². The number of rotatable bonds is 11. The van der Waals surface area contributed by atoms with Gasteiger partial charge in [-0.2, -0.15) is 0 Å². The summed E-state index contributed by atoms with van der Waals surface area (Å²) in [5.74, 6) is 2.47. The van der Waals surface area contributed by atoms with Crippen LogP contribution in [0.5, 0.6) is 0 Å². The topological polar surface area (TPSA) is 120 Å². The second-order valence-corrected chi connectivity index (χ2v) is 20.7. The van der Waals surface area contributed by atoms with Crippen LogP contribution in [0.15, 0.2) is 170 Å². The molecule has 0 amide bonds. The van der Waals surface area contributed by atoms with E-state index in [9.17, 15) is 0 Å². The van der Waals surface area contributed by atoms with Crippen LogP contribution < -0.4 is 4.90 Å². The third-order valence-electron chi connectivity index (χ3n) is 14.5. The zero-order valence-corrected chi connectivity index (χ0v) is 45.6. The van der Waals surface area contributed by atoms with Gasteiger partial charge in [-0.05, 0) is 87.6 Å². The molecule has 0 bridgehead atoms. The van der Waals surface area contributed by atoms with Gasteiger partial charge in [-0.1, -0.05) is 164 Å². The molecule has 0 saturated carbocycles. The molecule has 0 fully saturated rings. The van der Waals surface area contributed by atoms with E-state index < -0.39 is 0 Å². The molecule has 0 saturated heterocycles. The molecule has 13 rings (SSSR count). The summed E-state index contributed by atoms with van der Waals surface area (Å²) in [4.78, 5) is 28.6. The minimum absolute atomic E-state index is 0. The molecule has 0 atom stereocenters. The van der Waals surface area contributed by atoms with Crippen molar-refractivity contribution in [2.45, 2.75) is 79.1 Å². The van der Waals surface area contributed by atoms with Gasteiger partial charge in [-0.3, -0.25) is 9.97 Å². The standard InChI is InChI=1S/C65H53N6O4.Pt/c1-35(2)41-22-16-23-42(36(3)4)59(41)64-69-61-49(50-30-47-45-20-12-14-26-52(45)72-56(47)33-66-50)28-40(29-54(61)74-64)71(39-18-10-9-11-19-39)58-32-55-63(70-65(75-55)60-43(37(5)6)24-17-25-44(60)38(7)8)62(68-58)51-31-48-46-21-13-15-27-53(46)73-57(48)34-67-51;/h9-27,29-38H,1-8H3;/q-1;. The zero-order valence-electron chi connectivity index (χ0n) is 43.4. The SMILES string of the molecule is CC(C)c1cccc(C(C)C)c1-c1nc2c(-c3cc4c(cn3)oc3ccccc34)[c-]c(N(c3ccccc3)c3cc4oc(-c5c(C(C)C)cccc5C(C)C)nc4c(-c4cc5c(cn4)oc4ccccc45)n3)cc2o1.[Pt]. The summed E-state index contributed by atoms with van der Waals surface area (Å²) in [6.07, 6.45) is 3.56. The molecule has 76 heavy (non-hydrogen) atoms. The minimum Gasteiger partial charge on any atom is -0.457 e. The Labute approximate surface area is 454 Å². The fraction of sp³-hybridized carbons (Fsp3) is 0.185. The van der Waals surface area contributed by atoms with Crippen molar-refractivity contribution < 1.29 is 38.7 Å². The van der Waals surface area contributed by atoms with E-state index in [2.05, 4.69) is 133 Å². The molecule has 6 aromatic carbocycles. The summed E-state index contributed by atoms with van der Waals surface area (Å²) >= 11 is 0. The molecule has 11 heteroatoms. The van der Waals surface area contributed by atoms with E-state index in [4.69, 9.17) is 42.6 Å². The zero-order chi connectivity index (χ0) is 51.2. The van der Waals surface area contributed by atoms with E-state index in [-0.39, 0.29) is 44.7 Å². The summed E-state index contributed by atoms with van der Waals surface area (Å²) in [6, 6.07) is 51.2. The molecule has 0 aliphatic rings. The Kier molecular flexibility index (Phi) is 12.3. The van der Waals surface area contributed by atoms with Crippen molar-refractivity contribution >= 4 is 83.3 Å². The Morgan fingerprint density at radius 3 is 1.43 bits per heavy atom. The van der Waals surface area contributed by atoms with E-state index in [1.807, 2.05) is 72.8 Å². The quantitative estimate of drug-likeness (QED) is 0.116. The molecule has 7 heterocycles. The monoisotopic (exact) mass is 1180 g/mol. The third-order valence-corrected chi connectivity index (χ3v) is 14.5. The number of hydrogen-bond acceptors (Lipinski definition) is 10. The first kappa shape index (κ1) is 48.7. The summed E-state index contributed by atoms with van der Waals surface area (Å²) < 4.78 is 26.7. The van der Waals surface area contributed by atoms with Crippen LogP contribution in [-0.4, -0.2) is 24.9 Å². The first-order valence-corrected chi connectivity index (χ1v) is 25.8. The number of pyridine rings is 3. The summed E-state index contributed by atoms with van der Waals surface area (Å²) in [6.45, 7) is 17.7. The Morgan fingerprint density at radius 2 is 0.895 bits per heavy atom. The molecule has 7 aromatic heterocycles. The molecule has 0 spiro atoms. The Bertz CT molecular complexity index is 4040. The summed E-state index contributed by atoms with van der Waals surface area (Å²) in [5.41, 5.74) is 15.9. The van der Waals surface area contributed by atoms with Gasteiger partial charge in [0.25, 0.3) is 0 Å². The predicted octanol–water partition coefficient (Wildman–Crippen LogP) is 18.4. The van der Waals surface area contributed by atoms with Gasteiger partial charge in [0.1, 0.15) is 28.2 Å². The van der Waals surface area contributed by atoms with Crippen molar-refractivity contribution in [3.05, 3.63) is 180 Å². The fourth-order valence-electron chi connectivity index (χ4n) is 10.8. The van der Waals surface area contributed by atoms with Gasteiger partial charge in [0.15, 0.2) is 16.7 Å². The van der Waals surface area contributed by atoms with Crippen LogP contribution in [0.1, 0.15) is 101 Å². The molecule has 378 valence electrons. The van der Waals surface area contributed by atoms with Crippen molar-refractivity contribution in [3.63, 3.8) is 0 Å². The van der Waals surface area contributed by atoms with Crippen LogP contribution in [0.25, 0.3) is 112 Å². The number of nitrogens with zero attached hydrogens (tertiary/aromatic N) is 6. The van der Waals surface area contributed by atoms with Crippen molar-refractivity contribution in [1.29, 1.82) is 0 Å². The molecule has 0 radical (unpaired) electrons. The molecule has 10 nitrogen and oxygen atoms in total. The number of anilines is 3. The normalized spacial score (nSPS) is 12.1. The van der Waals surface area contributed by atoms with Gasteiger partial charge < -0.3 is 27.6 Å². The van der Waals surface area contributed by atoms with Crippen molar-refractivity contribution in [1.82, 2.24) is 24.9 Å². The van der Waals surface area contributed by atoms with Gasteiger partial charge in [0.2, 0.25) is 11.8 Å². The molecular formula is C65H53N6O4Pt-. The molecule has 0 aliphatic carbocycles. The van der Waals surface area contributed by atoms with Crippen LogP contribution in [0, 0.1) is 6.07 Å². The maximum atomic E-state index is 7.08. The summed E-state index contributed by atoms with van der Waals surface area (Å²) in [5, 5.41) is 3.83. The number of benzene rings is 6. The second kappa shape index (κ2) is 19.2. The number of para-hydroxylation sites is 3. The van der Waals surface area contributed by atoms with Crippen molar-refractivity contribution in [2.24, 2.45) is 0 Å². The predicted molar refractivity (Wildman–Crippen MR) is 301 cm³/mol. The number of oxazole rings is 2. The van der Waals surface area contributed by atoms with Gasteiger partial charge >= 0.3 is 0 Å². The maximum absolute atomic E-state index is 7.08. The van der Waals surface area contributed by atoms with Crippen LogP contribution in [0.3, 0.4) is 0 Å². The Morgan fingerprint density at radius 1 is 0.421 bits per heavy atom. The number of fused-ring (bicyclic) bond motifs is 8. The maximum Gasteiger partial charge on any atom is 0.227 e. The van der Waals surface area contributed by atoms with E-state index in [0.29, 0.717) is 79.3 Å². The second-order valence-electron chi connectivity index (χ2n) is 20.7. The van der Waals surface area contributed by atoms with Gasteiger partial charge in [-0.25, -0.2) is 9.97 Å². The summed E-state index contributed by atoms with van der Waals surface area (Å²) in [7, 11) is 0. The van der Waals surface area contributed by atoms with E-state index in [1.165, 1.54) is 0 Å². The van der Waals surface area contributed by atoms with E-state index in [1.54, 1.807) is 12.4 Å². The first-order valence-electron chi connectivity index (χ1n) is 25.8. The molecular weight excluding hydrogens is 1120 g/mol. The van der Waals surface area contributed by atoms with Crippen molar-refractivity contribution in [2.75, 3.05) is 4.90 Å². The molecule has 0 aliphatic heterocycles. The smallest absolute Gasteiger partial charge is 0.227 e. The largest absolute Gasteiger partial charge is 0.457 e. The van der Waals surface area contributed by atoms with Crippen molar-refractivity contribution in [3.8, 4) is 45.6 Å². The Balaban J connectivity index is 0.00000582. The van der Waals surface area contributed by atoms with Crippen LogP contribution in [-0.2, 0) is 21.1 Å². The number of aromatic nitrogens is 5. The first-order chi connectivity index (χ1) is 36.5. The van der Waals surface area contributed by atoms with Gasteiger partial charge in [0.05, 0.1) is 23.7 Å². The van der Waals surface area contributed by atoms with Gasteiger partial charge in [0, 0.05) is 71.0 Å². The molecule has 13 aromatic rings. The fourth-order valence-corrected chi connectivity index (χ4v) is 10.8. The van der Waals surface area contributed by atoms with E-state index in [0.717, 1.165) is 71.8 Å². The molecule has 0 unspecified atom stereocenters. The Hall–Kier alpha value is -8.20.